The molecule has 3 nitrogen and oxygen atoms in total. The first kappa shape index (κ1) is 13.5. The Morgan fingerprint density at radius 3 is 2.53 bits per heavy atom. The number of nitrogens with zero attached hydrogens (tertiary/aromatic N) is 2. The molecule has 0 aliphatic carbocycles. The fourth-order valence-corrected chi connectivity index (χ4v) is 1.83. The molecule has 1 aromatic carbocycles. The van der Waals surface area contributed by atoms with Crippen molar-refractivity contribution in [3.63, 3.8) is 0 Å². The molecule has 0 saturated heterocycles. The maximum absolute atomic E-state index is 9.89. The second kappa shape index (κ2) is 5.20. The van der Waals surface area contributed by atoms with E-state index in [9.17, 15) is 5.11 Å². The predicted octanol–water partition coefficient (Wildman–Crippen LogP) is 2.46. The highest BCUT2D eigenvalue weighted by Gasteiger charge is 2.19. The van der Waals surface area contributed by atoms with E-state index in [0.717, 1.165) is 17.8 Å². The van der Waals surface area contributed by atoms with Crippen LogP contribution in [0.3, 0.4) is 0 Å². The zero-order valence-corrected chi connectivity index (χ0v) is 11.0. The normalized spacial score (nSPS) is 11.1. The van der Waals surface area contributed by atoms with Crippen molar-refractivity contribution < 1.29 is 5.11 Å². The monoisotopic (exact) mass is 232 g/mol. The van der Waals surface area contributed by atoms with Gasteiger partial charge in [-0.05, 0) is 45.4 Å². The molecule has 0 spiro atoms. The molecule has 0 fully saturated rings. The van der Waals surface area contributed by atoms with Crippen molar-refractivity contribution in [2.45, 2.75) is 33.3 Å². The molecule has 0 radical (unpaired) electrons. The first-order chi connectivity index (χ1) is 7.87. The molecule has 0 bridgehead atoms. The third-order valence-electron chi connectivity index (χ3n) is 2.57. The summed E-state index contributed by atoms with van der Waals surface area (Å²) in [6.07, 6.45) is 0. The standard InChI is InChI=1S/C14H20N2O/c1-5-16(10-14(3,4)17)13-8-11(2)6-7-12(13)9-15/h6-8,17H,5,10H2,1-4H3. The summed E-state index contributed by atoms with van der Waals surface area (Å²) in [5.74, 6) is 0. The molecule has 1 aromatic rings. The Morgan fingerprint density at radius 1 is 1.41 bits per heavy atom. The molecule has 0 atom stereocenters. The molecule has 0 aromatic heterocycles. The molecule has 17 heavy (non-hydrogen) atoms. The highest BCUT2D eigenvalue weighted by atomic mass is 16.3. The lowest BCUT2D eigenvalue weighted by Crippen LogP contribution is -2.39. The largest absolute Gasteiger partial charge is 0.389 e. The lowest BCUT2D eigenvalue weighted by molar-refractivity contribution is 0.0876. The second-order valence-corrected chi connectivity index (χ2v) is 4.96. The molecule has 0 amide bonds. The lowest BCUT2D eigenvalue weighted by atomic mass is 10.1. The number of likely N-dealkylation sites (N-methyl/N-ethyl adjacent to an activating group) is 1. The van der Waals surface area contributed by atoms with Gasteiger partial charge in [0.2, 0.25) is 0 Å². The number of hydrogen-bond donors (Lipinski definition) is 1. The van der Waals surface area contributed by atoms with Gasteiger partial charge in [-0.3, -0.25) is 0 Å². The zero-order chi connectivity index (χ0) is 13.1. The molecular formula is C14H20N2O. The van der Waals surface area contributed by atoms with E-state index in [-0.39, 0.29) is 0 Å². The first-order valence-electron chi connectivity index (χ1n) is 5.85. The summed E-state index contributed by atoms with van der Waals surface area (Å²) in [5.41, 5.74) is 1.90. The molecule has 0 saturated carbocycles. The summed E-state index contributed by atoms with van der Waals surface area (Å²) >= 11 is 0. The van der Waals surface area contributed by atoms with E-state index in [1.54, 1.807) is 13.8 Å². The predicted molar refractivity (Wildman–Crippen MR) is 70.1 cm³/mol. The van der Waals surface area contributed by atoms with Gasteiger partial charge in [-0.1, -0.05) is 6.07 Å². The quantitative estimate of drug-likeness (QED) is 0.867. The highest BCUT2D eigenvalue weighted by molar-refractivity contribution is 5.60. The summed E-state index contributed by atoms with van der Waals surface area (Å²) in [7, 11) is 0. The Balaban J connectivity index is 3.11. The van der Waals surface area contributed by atoms with E-state index < -0.39 is 5.60 Å². The van der Waals surface area contributed by atoms with Crippen molar-refractivity contribution in [1.82, 2.24) is 0 Å². The number of benzene rings is 1. The van der Waals surface area contributed by atoms with Crippen LogP contribution in [0.2, 0.25) is 0 Å². The summed E-state index contributed by atoms with van der Waals surface area (Å²) in [6, 6.07) is 7.96. The fraction of sp³-hybridized carbons (Fsp3) is 0.500. The van der Waals surface area contributed by atoms with Crippen LogP contribution in [0, 0.1) is 18.3 Å². The van der Waals surface area contributed by atoms with E-state index in [0.29, 0.717) is 12.1 Å². The van der Waals surface area contributed by atoms with Crippen molar-refractivity contribution in [1.29, 1.82) is 5.26 Å². The van der Waals surface area contributed by atoms with Gasteiger partial charge in [0, 0.05) is 13.1 Å². The van der Waals surface area contributed by atoms with E-state index in [1.165, 1.54) is 0 Å². The number of aliphatic hydroxyl groups is 1. The van der Waals surface area contributed by atoms with Crippen LogP contribution in [0.5, 0.6) is 0 Å². The SMILES string of the molecule is CCN(CC(C)(C)O)c1cc(C)ccc1C#N. The van der Waals surface area contributed by atoms with Crippen molar-refractivity contribution in [3.8, 4) is 6.07 Å². The maximum atomic E-state index is 9.89. The summed E-state index contributed by atoms with van der Waals surface area (Å²) < 4.78 is 0. The maximum Gasteiger partial charge on any atom is 0.101 e. The van der Waals surface area contributed by atoms with Crippen LogP contribution >= 0.6 is 0 Å². The van der Waals surface area contributed by atoms with E-state index in [2.05, 4.69) is 6.07 Å². The summed E-state index contributed by atoms with van der Waals surface area (Å²) in [5, 5.41) is 19.0. The van der Waals surface area contributed by atoms with Gasteiger partial charge in [0.15, 0.2) is 0 Å². The average molecular weight is 232 g/mol. The second-order valence-electron chi connectivity index (χ2n) is 4.96. The van der Waals surface area contributed by atoms with Crippen molar-refractivity contribution in [2.75, 3.05) is 18.0 Å². The van der Waals surface area contributed by atoms with Crippen LogP contribution in [-0.4, -0.2) is 23.8 Å². The topological polar surface area (TPSA) is 47.3 Å². The van der Waals surface area contributed by atoms with Gasteiger partial charge in [0.05, 0.1) is 16.9 Å². The summed E-state index contributed by atoms with van der Waals surface area (Å²) in [6.45, 7) is 8.86. The number of rotatable bonds is 4. The van der Waals surface area contributed by atoms with E-state index >= 15 is 0 Å². The Labute approximate surface area is 103 Å². The molecule has 0 aliphatic rings. The van der Waals surface area contributed by atoms with Gasteiger partial charge in [-0.25, -0.2) is 0 Å². The molecule has 0 heterocycles. The minimum Gasteiger partial charge on any atom is -0.389 e. The van der Waals surface area contributed by atoms with Crippen LogP contribution in [0.4, 0.5) is 5.69 Å². The Morgan fingerprint density at radius 2 is 2.06 bits per heavy atom. The third-order valence-corrected chi connectivity index (χ3v) is 2.57. The van der Waals surface area contributed by atoms with Crippen molar-refractivity contribution >= 4 is 5.69 Å². The molecule has 0 aliphatic heterocycles. The molecular weight excluding hydrogens is 212 g/mol. The Hall–Kier alpha value is -1.53. The zero-order valence-electron chi connectivity index (χ0n) is 11.0. The average Bonchev–Trinajstić information content (AvgIpc) is 2.24. The van der Waals surface area contributed by atoms with Gasteiger partial charge in [0.1, 0.15) is 6.07 Å². The number of aryl methyl sites for hydroxylation is 1. The number of nitriles is 1. The van der Waals surface area contributed by atoms with Gasteiger partial charge in [-0.15, -0.1) is 0 Å². The minimum atomic E-state index is -0.771. The smallest absolute Gasteiger partial charge is 0.101 e. The molecule has 1 rings (SSSR count). The molecule has 1 N–H and O–H groups in total. The molecule has 92 valence electrons. The van der Waals surface area contributed by atoms with Crippen molar-refractivity contribution in [2.24, 2.45) is 0 Å². The number of anilines is 1. The Kier molecular flexibility index (Phi) is 4.14. The fourth-order valence-electron chi connectivity index (χ4n) is 1.83. The van der Waals surface area contributed by atoms with Crippen LogP contribution in [-0.2, 0) is 0 Å². The Bertz CT molecular complexity index is 427. The van der Waals surface area contributed by atoms with Crippen LogP contribution in [0.25, 0.3) is 0 Å². The number of hydrogen-bond acceptors (Lipinski definition) is 3. The van der Waals surface area contributed by atoms with E-state index in [4.69, 9.17) is 5.26 Å². The van der Waals surface area contributed by atoms with Crippen molar-refractivity contribution in [3.05, 3.63) is 29.3 Å². The minimum absolute atomic E-state index is 0.516. The third kappa shape index (κ3) is 3.76. The van der Waals surface area contributed by atoms with Crippen LogP contribution in [0.1, 0.15) is 31.9 Å². The van der Waals surface area contributed by atoms with Crippen LogP contribution < -0.4 is 4.90 Å². The van der Waals surface area contributed by atoms with E-state index in [1.807, 2.05) is 36.9 Å². The van der Waals surface area contributed by atoms with Gasteiger partial charge in [0.25, 0.3) is 0 Å². The summed E-state index contributed by atoms with van der Waals surface area (Å²) in [4.78, 5) is 2.03. The molecule has 0 unspecified atom stereocenters. The lowest BCUT2D eigenvalue weighted by Gasteiger charge is -2.30. The van der Waals surface area contributed by atoms with Gasteiger partial charge >= 0.3 is 0 Å². The highest BCUT2D eigenvalue weighted by Crippen LogP contribution is 2.23. The van der Waals surface area contributed by atoms with Crippen LogP contribution in [0.15, 0.2) is 18.2 Å². The van der Waals surface area contributed by atoms with Gasteiger partial charge in [-0.2, -0.15) is 5.26 Å². The first-order valence-corrected chi connectivity index (χ1v) is 5.85. The van der Waals surface area contributed by atoms with Gasteiger partial charge < -0.3 is 10.0 Å². The molecule has 3 heteroatoms.